The van der Waals surface area contributed by atoms with Gasteiger partial charge in [-0.05, 0) is 32.0 Å². The molecule has 1 saturated heterocycles. The average molecular weight is 319 g/mol. The molecule has 1 aromatic carbocycles. The van der Waals surface area contributed by atoms with E-state index in [0.717, 1.165) is 0 Å². The zero-order valence-corrected chi connectivity index (χ0v) is 14.1. The first-order chi connectivity index (χ1) is 10.9. The minimum absolute atomic E-state index is 0.0196. The van der Waals surface area contributed by atoms with Crippen molar-refractivity contribution in [3.63, 3.8) is 0 Å². The summed E-state index contributed by atoms with van der Waals surface area (Å²) in [6.45, 7) is 8.73. The van der Waals surface area contributed by atoms with E-state index in [9.17, 15) is 9.59 Å². The summed E-state index contributed by atoms with van der Waals surface area (Å²) in [6.07, 6.45) is 0.0196. The Labute approximate surface area is 137 Å². The van der Waals surface area contributed by atoms with Crippen LogP contribution >= 0.6 is 0 Å². The number of nitrogens with one attached hydrogen (secondary N) is 2. The summed E-state index contributed by atoms with van der Waals surface area (Å²) in [5, 5.41) is 5.71. The normalized spacial score (nSPS) is 21.2. The number of amides is 3. The first-order valence-corrected chi connectivity index (χ1v) is 7.98. The molecule has 3 amide bonds. The monoisotopic (exact) mass is 319 g/mol. The van der Waals surface area contributed by atoms with Crippen molar-refractivity contribution in [3.8, 4) is 0 Å². The number of carbonyl (C=O) groups excluding carboxylic acids is 2. The molecule has 6 heteroatoms. The summed E-state index contributed by atoms with van der Waals surface area (Å²) < 4.78 is 5.54. The van der Waals surface area contributed by atoms with Crippen LogP contribution in [0.4, 0.5) is 16.2 Å². The molecule has 0 bridgehead atoms. The Kier molecular flexibility index (Phi) is 5.60. The van der Waals surface area contributed by atoms with Crippen LogP contribution in [0.5, 0.6) is 0 Å². The number of nitrogens with zero attached hydrogens (tertiary/aromatic N) is 1. The number of ether oxygens (including phenoxy) is 1. The van der Waals surface area contributed by atoms with Crippen LogP contribution in [0.1, 0.15) is 27.7 Å². The van der Waals surface area contributed by atoms with Crippen LogP contribution in [0.25, 0.3) is 0 Å². The quantitative estimate of drug-likeness (QED) is 0.900. The van der Waals surface area contributed by atoms with Crippen LogP contribution in [0.15, 0.2) is 24.3 Å². The second kappa shape index (κ2) is 7.46. The highest BCUT2D eigenvalue weighted by Gasteiger charge is 2.29. The van der Waals surface area contributed by atoms with E-state index in [-0.39, 0.29) is 30.0 Å². The van der Waals surface area contributed by atoms with Gasteiger partial charge in [0.2, 0.25) is 5.91 Å². The molecule has 0 radical (unpaired) electrons. The van der Waals surface area contributed by atoms with E-state index in [2.05, 4.69) is 10.6 Å². The number of hydrogen-bond donors (Lipinski definition) is 2. The van der Waals surface area contributed by atoms with E-state index in [0.29, 0.717) is 24.5 Å². The number of anilines is 2. The SMILES string of the molecule is CC(C)C(=O)Nc1cccc(NC(=O)N2CCO[C@@H](C)[C@H]2C)c1. The number of urea groups is 1. The van der Waals surface area contributed by atoms with Crippen molar-refractivity contribution in [2.45, 2.75) is 39.8 Å². The van der Waals surface area contributed by atoms with Gasteiger partial charge in [-0.2, -0.15) is 0 Å². The molecular weight excluding hydrogens is 294 g/mol. The predicted octanol–water partition coefficient (Wildman–Crippen LogP) is 2.92. The molecule has 0 aliphatic carbocycles. The van der Waals surface area contributed by atoms with Gasteiger partial charge >= 0.3 is 6.03 Å². The number of morpholine rings is 1. The smallest absolute Gasteiger partial charge is 0.322 e. The van der Waals surface area contributed by atoms with Crippen molar-refractivity contribution in [1.29, 1.82) is 0 Å². The third-order valence-electron chi connectivity index (χ3n) is 4.05. The number of rotatable bonds is 3. The molecule has 0 aromatic heterocycles. The zero-order chi connectivity index (χ0) is 17.0. The molecular formula is C17H25N3O3. The lowest BCUT2D eigenvalue weighted by atomic mass is 10.1. The predicted molar refractivity (Wildman–Crippen MR) is 90.5 cm³/mol. The molecule has 6 nitrogen and oxygen atoms in total. The molecule has 2 rings (SSSR count). The standard InChI is InChI=1S/C17H25N3O3/c1-11(2)16(21)18-14-6-5-7-15(10-14)19-17(22)20-8-9-23-13(4)12(20)3/h5-7,10-13H,8-9H2,1-4H3,(H,18,21)(H,19,22)/t12-,13+/m1/s1. The molecule has 1 aliphatic heterocycles. The van der Waals surface area contributed by atoms with Crippen LogP contribution in [-0.4, -0.2) is 42.1 Å². The topological polar surface area (TPSA) is 70.7 Å². The van der Waals surface area contributed by atoms with E-state index in [1.807, 2.05) is 27.7 Å². The maximum atomic E-state index is 12.4. The highest BCUT2D eigenvalue weighted by Crippen LogP contribution is 2.19. The lowest BCUT2D eigenvalue weighted by molar-refractivity contribution is -0.118. The Morgan fingerprint density at radius 3 is 2.52 bits per heavy atom. The van der Waals surface area contributed by atoms with Crippen molar-refractivity contribution in [1.82, 2.24) is 4.90 Å². The Balaban J connectivity index is 2.02. The largest absolute Gasteiger partial charge is 0.375 e. The van der Waals surface area contributed by atoms with Gasteiger partial charge in [-0.1, -0.05) is 19.9 Å². The summed E-state index contributed by atoms with van der Waals surface area (Å²) in [7, 11) is 0. The van der Waals surface area contributed by atoms with E-state index in [1.165, 1.54) is 0 Å². The van der Waals surface area contributed by atoms with E-state index >= 15 is 0 Å². The van der Waals surface area contributed by atoms with E-state index < -0.39 is 0 Å². The van der Waals surface area contributed by atoms with Gasteiger partial charge < -0.3 is 20.3 Å². The van der Waals surface area contributed by atoms with Crippen LogP contribution in [0.3, 0.4) is 0 Å². The fraction of sp³-hybridized carbons (Fsp3) is 0.529. The number of benzene rings is 1. The third-order valence-corrected chi connectivity index (χ3v) is 4.05. The van der Waals surface area contributed by atoms with Gasteiger partial charge in [-0.3, -0.25) is 4.79 Å². The fourth-order valence-electron chi connectivity index (χ4n) is 2.38. The average Bonchev–Trinajstić information content (AvgIpc) is 2.50. The molecule has 2 atom stereocenters. The van der Waals surface area contributed by atoms with Crippen molar-refractivity contribution in [2.24, 2.45) is 5.92 Å². The highest BCUT2D eigenvalue weighted by molar-refractivity contribution is 5.94. The van der Waals surface area contributed by atoms with E-state index in [1.54, 1.807) is 29.2 Å². The summed E-state index contributed by atoms with van der Waals surface area (Å²) in [5.41, 5.74) is 1.33. The number of carbonyl (C=O) groups is 2. The first-order valence-electron chi connectivity index (χ1n) is 7.98. The lowest BCUT2D eigenvalue weighted by Gasteiger charge is -2.37. The van der Waals surface area contributed by atoms with Crippen molar-refractivity contribution in [3.05, 3.63) is 24.3 Å². The summed E-state index contributed by atoms with van der Waals surface area (Å²) in [4.78, 5) is 26.0. The van der Waals surface area contributed by atoms with Crippen LogP contribution in [0.2, 0.25) is 0 Å². The van der Waals surface area contributed by atoms with Crippen molar-refractivity contribution in [2.75, 3.05) is 23.8 Å². The first kappa shape index (κ1) is 17.3. The van der Waals surface area contributed by atoms with Gasteiger partial charge in [0, 0.05) is 23.8 Å². The molecule has 0 saturated carbocycles. The zero-order valence-electron chi connectivity index (χ0n) is 14.1. The Bertz CT molecular complexity index is 574. The molecule has 23 heavy (non-hydrogen) atoms. The van der Waals surface area contributed by atoms with Crippen LogP contribution in [0, 0.1) is 5.92 Å². The molecule has 2 N–H and O–H groups in total. The molecule has 1 heterocycles. The Hall–Kier alpha value is -2.08. The number of hydrogen-bond acceptors (Lipinski definition) is 3. The van der Waals surface area contributed by atoms with Gasteiger partial charge in [-0.25, -0.2) is 4.79 Å². The molecule has 126 valence electrons. The minimum atomic E-state index is -0.153. The second-order valence-corrected chi connectivity index (χ2v) is 6.16. The Morgan fingerprint density at radius 1 is 1.22 bits per heavy atom. The lowest BCUT2D eigenvalue weighted by Crippen LogP contribution is -2.52. The summed E-state index contributed by atoms with van der Waals surface area (Å²) >= 11 is 0. The van der Waals surface area contributed by atoms with Gasteiger partial charge in [0.25, 0.3) is 0 Å². The maximum Gasteiger partial charge on any atom is 0.322 e. The van der Waals surface area contributed by atoms with Gasteiger partial charge in [0.1, 0.15) is 0 Å². The Morgan fingerprint density at radius 2 is 1.87 bits per heavy atom. The molecule has 0 spiro atoms. The van der Waals surface area contributed by atoms with Gasteiger partial charge in [-0.15, -0.1) is 0 Å². The van der Waals surface area contributed by atoms with E-state index in [4.69, 9.17) is 4.74 Å². The van der Waals surface area contributed by atoms with Crippen LogP contribution < -0.4 is 10.6 Å². The second-order valence-electron chi connectivity index (χ2n) is 6.16. The highest BCUT2D eigenvalue weighted by atomic mass is 16.5. The molecule has 1 aliphatic rings. The van der Waals surface area contributed by atoms with Crippen molar-refractivity contribution < 1.29 is 14.3 Å². The summed E-state index contributed by atoms with van der Waals surface area (Å²) in [5.74, 6) is -0.145. The van der Waals surface area contributed by atoms with Crippen molar-refractivity contribution >= 4 is 23.3 Å². The van der Waals surface area contributed by atoms with Crippen LogP contribution in [-0.2, 0) is 9.53 Å². The summed E-state index contributed by atoms with van der Waals surface area (Å²) in [6, 6.07) is 7.03. The minimum Gasteiger partial charge on any atom is -0.375 e. The third kappa shape index (κ3) is 4.45. The van der Waals surface area contributed by atoms with Gasteiger partial charge in [0.05, 0.1) is 18.8 Å². The maximum absolute atomic E-state index is 12.4. The fourth-order valence-corrected chi connectivity index (χ4v) is 2.38. The van der Waals surface area contributed by atoms with Gasteiger partial charge in [0.15, 0.2) is 0 Å². The molecule has 0 unspecified atom stereocenters. The molecule has 1 aromatic rings. The molecule has 1 fully saturated rings.